The van der Waals surface area contributed by atoms with E-state index in [1.54, 1.807) is 4.90 Å². The quantitative estimate of drug-likeness (QED) is 0.503. The van der Waals surface area contributed by atoms with E-state index in [0.717, 1.165) is 6.42 Å². The molecule has 140 valence electrons. The highest BCUT2D eigenvalue weighted by Crippen LogP contribution is 2.34. The molecule has 2 aliphatic heterocycles. The van der Waals surface area contributed by atoms with E-state index in [0.29, 0.717) is 29.9 Å². The molecule has 0 aliphatic carbocycles. The number of hydrogen-bond donors (Lipinski definition) is 4. The largest absolute Gasteiger partial charge is 0.480 e. The number of imidazole rings is 1. The van der Waals surface area contributed by atoms with Gasteiger partial charge < -0.3 is 30.1 Å². The Hall–Kier alpha value is -2.34. The van der Waals surface area contributed by atoms with Crippen molar-refractivity contribution in [2.75, 3.05) is 18.1 Å². The van der Waals surface area contributed by atoms with E-state index in [1.165, 1.54) is 17.2 Å². The second-order valence-electron chi connectivity index (χ2n) is 6.44. The van der Waals surface area contributed by atoms with Crippen LogP contribution < -0.4 is 4.90 Å². The topological polar surface area (TPSA) is 154 Å². The normalized spacial score (nSPS) is 31.8. The Morgan fingerprint density at radius 2 is 2.08 bits per heavy atom. The lowest BCUT2D eigenvalue weighted by atomic mass is 10.1. The summed E-state index contributed by atoms with van der Waals surface area (Å²) >= 11 is 0. The molecule has 0 saturated carbocycles. The van der Waals surface area contributed by atoms with Crippen LogP contribution in [-0.2, 0) is 9.53 Å². The van der Waals surface area contributed by atoms with Gasteiger partial charge in [-0.25, -0.2) is 19.7 Å². The highest BCUT2D eigenvalue weighted by molar-refractivity contribution is 5.87. The smallest absolute Gasteiger partial charge is 0.326 e. The van der Waals surface area contributed by atoms with E-state index in [9.17, 15) is 25.2 Å². The van der Waals surface area contributed by atoms with Crippen LogP contribution in [0.2, 0.25) is 0 Å². The zero-order chi connectivity index (χ0) is 18.4. The van der Waals surface area contributed by atoms with Crippen molar-refractivity contribution >= 4 is 23.0 Å². The third kappa shape index (κ3) is 2.51. The minimum atomic E-state index is -1.26. The number of rotatable bonds is 4. The maximum atomic E-state index is 11.5. The molecule has 2 aromatic heterocycles. The summed E-state index contributed by atoms with van der Waals surface area (Å²) in [4.78, 5) is 25.8. The first-order chi connectivity index (χ1) is 12.5. The molecule has 5 atom stereocenters. The molecule has 4 heterocycles. The Kier molecular flexibility index (Phi) is 4.23. The molecule has 11 heteroatoms. The molecule has 26 heavy (non-hydrogen) atoms. The number of aliphatic hydroxyl groups excluding tert-OH is 3. The van der Waals surface area contributed by atoms with Crippen molar-refractivity contribution < 1.29 is 30.0 Å². The molecule has 2 aromatic rings. The molecule has 0 amide bonds. The highest BCUT2D eigenvalue weighted by Gasteiger charge is 2.44. The first kappa shape index (κ1) is 17.1. The van der Waals surface area contributed by atoms with Gasteiger partial charge in [0.15, 0.2) is 23.2 Å². The Morgan fingerprint density at radius 3 is 2.77 bits per heavy atom. The van der Waals surface area contributed by atoms with E-state index in [4.69, 9.17) is 4.74 Å². The third-order valence-electron chi connectivity index (χ3n) is 4.94. The molecule has 11 nitrogen and oxygen atoms in total. The second kappa shape index (κ2) is 6.43. The Morgan fingerprint density at radius 1 is 1.27 bits per heavy atom. The summed E-state index contributed by atoms with van der Waals surface area (Å²) < 4.78 is 6.97. The first-order valence-electron chi connectivity index (χ1n) is 8.32. The van der Waals surface area contributed by atoms with Crippen LogP contribution in [0, 0.1) is 0 Å². The van der Waals surface area contributed by atoms with Gasteiger partial charge in [0.25, 0.3) is 0 Å². The zero-order valence-electron chi connectivity index (χ0n) is 13.7. The molecular weight excluding hydrogens is 346 g/mol. The van der Waals surface area contributed by atoms with E-state index in [2.05, 4.69) is 15.0 Å². The number of carbonyl (C=O) groups is 1. The average molecular weight is 365 g/mol. The van der Waals surface area contributed by atoms with Crippen LogP contribution in [0.3, 0.4) is 0 Å². The van der Waals surface area contributed by atoms with Gasteiger partial charge in [0.05, 0.1) is 12.9 Å². The summed E-state index contributed by atoms with van der Waals surface area (Å²) in [5.74, 6) is -0.512. The fourth-order valence-corrected chi connectivity index (χ4v) is 3.62. The number of carboxylic acids is 1. The number of aromatic nitrogens is 4. The van der Waals surface area contributed by atoms with Gasteiger partial charge in [0.2, 0.25) is 0 Å². The van der Waals surface area contributed by atoms with Gasteiger partial charge in [-0.3, -0.25) is 4.57 Å². The number of hydrogen-bond acceptors (Lipinski definition) is 9. The maximum Gasteiger partial charge on any atom is 0.326 e. The second-order valence-corrected chi connectivity index (χ2v) is 6.44. The van der Waals surface area contributed by atoms with Crippen molar-refractivity contribution in [3.63, 3.8) is 0 Å². The van der Waals surface area contributed by atoms with Crippen LogP contribution in [0.15, 0.2) is 12.7 Å². The van der Waals surface area contributed by atoms with Gasteiger partial charge in [-0.1, -0.05) is 0 Å². The van der Waals surface area contributed by atoms with Crippen LogP contribution in [0.5, 0.6) is 0 Å². The van der Waals surface area contributed by atoms with Crippen molar-refractivity contribution in [2.24, 2.45) is 0 Å². The van der Waals surface area contributed by atoms with Crippen molar-refractivity contribution in [1.29, 1.82) is 0 Å². The lowest BCUT2D eigenvalue weighted by Gasteiger charge is -2.22. The van der Waals surface area contributed by atoms with Crippen LogP contribution in [0.4, 0.5) is 5.82 Å². The van der Waals surface area contributed by atoms with Gasteiger partial charge in [-0.15, -0.1) is 0 Å². The Labute approximate surface area is 147 Å². The summed E-state index contributed by atoms with van der Waals surface area (Å²) in [5, 5.41) is 38.8. The first-order valence-corrected chi connectivity index (χ1v) is 8.32. The molecule has 2 aliphatic rings. The molecular formula is C15H19N5O6. The summed E-state index contributed by atoms with van der Waals surface area (Å²) in [5.41, 5.74) is 0.735. The lowest BCUT2D eigenvalue weighted by molar-refractivity contribution is -0.138. The fraction of sp³-hybridized carbons (Fsp3) is 0.600. The molecule has 0 radical (unpaired) electrons. The number of aliphatic hydroxyl groups is 3. The van der Waals surface area contributed by atoms with Crippen LogP contribution in [-0.4, -0.2) is 83.4 Å². The minimum absolute atomic E-state index is 0.348. The van der Waals surface area contributed by atoms with Gasteiger partial charge in [-0.05, 0) is 12.8 Å². The van der Waals surface area contributed by atoms with Gasteiger partial charge >= 0.3 is 5.97 Å². The third-order valence-corrected chi connectivity index (χ3v) is 4.94. The number of ether oxygens (including phenoxy) is 1. The Balaban J connectivity index is 1.73. The molecule has 0 spiro atoms. The monoisotopic (exact) mass is 365 g/mol. The summed E-state index contributed by atoms with van der Waals surface area (Å²) in [7, 11) is 0. The average Bonchev–Trinajstić information content (AvgIpc) is 3.33. The predicted octanol–water partition coefficient (Wildman–Crippen LogP) is -1.51. The van der Waals surface area contributed by atoms with Gasteiger partial charge in [0, 0.05) is 6.54 Å². The van der Waals surface area contributed by atoms with Gasteiger partial charge in [0.1, 0.15) is 30.7 Å². The molecule has 2 saturated heterocycles. The van der Waals surface area contributed by atoms with E-state index in [-0.39, 0.29) is 0 Å². The standard InChI is InChI=1S/C15H19N5O6/c21-4-8-10(22)11(23)14(26-8)20-6-18-9-12(16-5-17-13(9)20)19-3-1-2-7(19)15(24)25/h5-8,10-11,14,21-23H,1-4H2,(H,24,25)/t7-,8-,10-,11-,14-/m1/s1. The van der Waals surface area contributed by atoms with E-state index in [1.807, 2.05) is 0 Å². The van der Waals surface area contributed by atoms with Gasteiger partial charge in [-0.2, -0.15) is 0 Å². The number of anilines is 1. The van der Waals surface area contributed by atoms with E-state index < -0.39 is 43.2 Å². The maximum absolute atomic E-state index is 11.5. The van der Waals surface area contributed by atoms with Crippen molar-refractivity contribution in [2.45, 2.75) is 43.4 Å². The molecule has 4 N–H and O–H groups in total. The number of carboxylic acid groups (broad SMARTS) is 1. The highest BCUT2D eigenvalue weighted by atomic mass is 16.6. The molecule has 4 rings (SSSR count). The number of nitrogens with zero attached hydrogens (tertiary/aromatic N) is 5. The number of fused-ring (bicyclic) bond motifs is 1. The molecule has 0 bridgehead atoms. The van der Waals surface area contributed by atoms with E-state index >= 15 is 0 Å². The van der Waals surface area contributed by atoms with Crippen molar-refractivity contribution in [3.05, 3.63) is 12.7 Å². The molecule has 0 aromatic carbocycles. The van der Waals surface area contributed by atoms with Crippen molar-refractivity contribution in [1.82, 2.24) is 19.5 Å². The fourth-order valence-electron chi connectivity index (χ4n) is 3.62. The lowest BCUT2D eigenvalue weighted by Crippen LogP contribution is -2.36. The predicted molar refractivity (Wildman–Crippen MR) is 86.3 cm³/mol. The Bertz CT molecular complexity index is 828. The summed E-state index contributed by atoms with van der Waals surface area (Å²) in [6, 6.07) is -0.674. The van der Waals surface area contributed by atoms with Crippen LogP contribution in [0.25, 0.3) is 11.2 Å². The van der Waals surface area contributed by atoms with Crippen LogP contribution >= 0.6 is 0 Å². The summed E-state index contributed by atoms with van der Waals surface area (Å²) in [6.45, 7) is 0.111. The minimum Gasteiger partial charge on any atom is -0.480 e. The summed E-state index contributed by atoms with van der Waals surface area (Å²) in [6.07, 6.45) is -0.426. The number of aliphatic carboxylic acids is 1. The SMILES string of the molecule is O=C(O)[C@H]1CCCN1c1ncnc2c1ncn2[C@@H]1O[C@H](CO)[C@@H](O)[C@H]1O. The van der Waals surface area contributed by atoms with Crippen molar-refractivity contribution in [3.8, 4) is 0 Å². The van der Waals surface area contributed by atoms with Crippen LogP contribution in [0.1, 0.15) is 19.1 Å². The molecule has 0 unspecified atom stereocenters. The zero-order valence-corrected chi connectivity index (χ0v) is 13.7. The molecule has 2 fully saturated rings.